The number of fused-ring (bicyclic) bond motifs is 1. The van der Waals surface area contributed by atoms with Crippen molar-refractivity contribution < 1.29 is 4.79 Å². The molecular formula is C20H17N5O. The molecule has 0 unspecified atom stereocenters. The van der Waals surface area contributed by atoms with Crippen LogP contribution in [-0.4, -0.2) is 32.7 Å². The van der Waals surface area contributed by atoms with E-state index < -0.39 is 0 Å². The van der Waals surface area contributed by atoms with E-state index in [-0.39, 0.29) is 5.91 Å². The van der Waals surface area contributed by atoms with Crippen LogP contribution in [0.15, 0.2) is 73.1 Å². The molecule has 4 rings (SSSR count). The van der Waals surface area contributed by atoms with E-state index in [1.165, 1.54) is 22.7 Å². The molecule has 0 radical (unpaired) electrons. The highest BCUT2D eigenvalue weighted by Crippen LogP contribution is 2.18. The minimum Gasteiger partial charge on any atom is -0.352 e. The third kappa shape index (κ3) is 3.30. The van der Waals surface area contributed by atoms with Crippen LogP contribution in [0.2, 0.25) is 0 Å². The summed E-state index contributed by atoms with van der Waals surface area (Å²) in [5, 5.41) is 16.5. The van der Waals surface area contributed by atoms with Crippen LogP contribution < -0.4 is 5.32 Å². The molecule has 0 spiro atoms. The highest BCUT2D eigenvalue weighted by molar-refractivity contribution is 5.94. The molecule has 26 heavy (non-hydrogen) atoms. The molecule has 1 aromatic heterocycles. The number of hydrogen-bond acceptors (Lipinski definition) is 4. The molecule has 0 aliphatic rings. The van der Waals surface area contributed by atoms with Gasteiger partial charge in [0, 0.05) is 12.1 Å². The Bertz CT molecular complexity index is 1020. The van der Waals surface area contributed by atoms with Gasteiger partial charge in [0.2, 0.25) is 0 Å². The normalized spacial score (nSPS) is 10.8. The van der Waals surface area contributed by atoms with Crippen molar-refractivity contribution >= 4 is 16.7 Å². The molecular weight excluding hydrogens is 326 g/mol. The van der Waals surface area contributed by atoms with E-state index in [4.69, 9.17) is 0 Å². The first-order valence-electron chi connectivity index (χ1n) is 8.39. The monoisotopic (exact) mass is 343 g/mol. The zero-order chi connectivity index (χ0) is 17.8. The molecule has 0 atom stereocenters. The lowest BCUT2D eigenvalue weighted by molar-refractivity contribution is 0.0954. The Hall–Kier alpha value is -3.54. The van der Waals surface area contributed by atoms with Crippen molar-refractivity contribution in [3.8, 4) is 5.69 Å². The van der Waals surface area contributed by atoms with E-state index >= 15 is 0 Å². The number of hydrogen-bond donors (Lipinski definition) is 1. The van der Waals surface area contributed by atoms with Crippen LogP contribution in [0.3, 0.4) is 0 Å². The Morgan fingerprint density at radius 2 is 1.77 bits per heavy atom. The number of rotatable bonds is 5. The second kappa shape index (κ2) is 7.14. The van der Waals surface area contributed by atoms with Crippen LogP contribution >= 0.6 is 0 Å². The fraction of sp³-hybridized carbons (Fsp3) is 0.100. The predicted octanol–water partition coefficient (Wildman–Crippen LogP) is 2.79. The average Bonchev–Trinajstić information content (AvgIpc) is 3.23. The molecule has 0 saturated carbocycles. The first-order valence-corrected chi connectivity index (χ1v) is 8.39. The van der Waals surface area contributed by atoms with E-state index in [0.717, 1.165) is 12.1 Å². The Labute approximate surface area is 150 Å². The third-order valence-corrected chi connectivity index (χ3v) is 4.30. The van der Waals surface area contributed by atoms with Gasteiger partial charge in [0.15, 0.2) is 0 Å². The van der Waals surface area contributed by atoms with Gasteiger partial charge in [-0.3, -0.25) is 4.79 Å². The quantitative estimate of drug-likeness (QED) is 0.605. The van der Waals surface area contributed by atoms with Gasteiger partial charge in [-0.15, -0.1) is 5.10 Å². The zero-order valence-electron chi connectivity index (χ0n) is 14.0. The maximum absolute atomic E-state index is 12.3. The molecule has 1 N–H and O–H groups in total. The summed E-state index contributed by atoms with van der Waals surface area (Å²) in [7, 11) is 0. The second-order valence-corrected chi connectivity index (χ2v) is 5.95. The lowest BCUT2D eigenvalue weighted by Gasteiger charge is -2.08. The summed E-state index contributed by atoms with van der Waals surface area (Å²) in [5.41, 5.74) is 2.65. The maximum atomic E-state index is 12.3. The summed E-state index contributed by atoms with van der Waals surface area (Å²) in [4.78, 5) is 12.3. The maximum Gasteiger partial charge on any atom is 0.251 e. The molecule has 0 saturated heterocycles. The van der Waals surface area contributed by atoms with E-state index in [0.29, 0.717) is 12.1 Å². The minimum atomic E-state index is -0.0894. The van der Waals surface area contributed by atoms with Crippen LogP contribution in [0.5, 0.6) is 0 Å². The summed E-state index contributed by atoms with van der Waals surface area (Å²) < 4.78 is 1.54. The Morgan fingerprint density at radius 1 is 0.962 bits per heavy atom. The number of nitrogens with zero attached hydrogens (tertiary/aromatic N) is 4. The van der Waals surface area contributed by atoms with Crippen molar-refractivity contribution in [3.63, 3.8) is 0 Å². The summed E-state index contributed by atoms with van der Waals surface area (Å²) in [6.07, 6.45) is 2.30. The molecule has 0 aliphatic heterocycles. The summed E-state index contributed by atoms with van der Waals surface area (Å²) in [5.74, 6) is -0.0894. The van der Waals surface area contributed by atoms with Crippen molar-refractivity contribution in [2.75, 3.05) is 6.54 Å². The topological polar surface area (TPSA) is 72.7 Å². The van der Waals surface area contributed by atoms with Gasteiger partial charge >= 0.3 is 0 Å². The van der Waals surface area contributed by atoms with Crippen molar-refractivity contribution in [2.24, 2.45) is 0 Å². The summed E-state index contributed by atoms with van der Waals surface area (Å²) >= 11 is 0. The minimum absolute atomic E-state index is 0.0894. The largest absolute Gasteiger partial charge is 0.352 e. The van der Waals surface area contributed by atoms with Crippen LogP contribution in [0.1, 0.15) is 15.9 Å². The van der Waals surface area contributed by atoms with Gasteiger partial charge in [0.25, 0.3) is 5.91 Å². The molecule has 0 aliphatic carbocycles. The standard InChI is InChI=1S/C20H17N5O/c26-20(17-8-10-18(11-9-17)25-14-22-23-24-25)21-13-12-16-6-3-5-15-4-1-2-7-19(15)16/h1-11,14H,12-13H2,(H,21,26). The van der Waals surface area contributed by atoms with Crippen LogP contribution in [-0.2, 0) is 6.42 Å². The molecule has 6 heteroatoms. The molecule has 3 aromatic carbocycles. The van der Waals surface area contributed by atoms with E-state index in [1.807, 2.05) is 24.3 Å². The number of nitrogens with one attached hydrogen (secondary N) is 1. The predicted molar refractivity (Wildman–Crippen MR) is 99.1 cm³/mol. The van der Waals surface area contributed by atoms with E-state index in [2.05, 4.69) is 51.2 Å². The third-order valence-electron chi connectivity index (χ3n) is 4.30. The summed E-state index contributed by atoms with van der Waals surface area (Å²) in [6, 6.07) is 21.7. The number of carbonyl (C=O) groups excluding carboxylic acids is 1. The smallest absolute Gasteiger partial charge is 0.251 e. The number of aromatic nitrogens is 4. The first-order chi connectivity index (χ1) is 12.8. The van der Waals surface area contributed by atoms with Gasteiger partial charge in [-0.05, 0) is 57.4 Å². The molecule has 1 heterocycles. The van der Waals surface area contributed by atoms with Crippen molar-refractivity contribution in [2.45, 2.75) is 6.42 Å². The molecule has 0 bridgehead atoms. The highest BCUT2D eigenvalue weighted by Gasteiger charge is 2.07. The van der Waals surface area contributed by atoms with Crippen molar-refractivity contribution in [3.05, 3.63) is 84.2 Å². The fourth-order valence-electron chi connectivity index (χ4n) is 2.97. The lowest BCUT2D eigenvalue weighted by Crippen LogP contribution is -2.25. The fourth-order valence-corrected chi connectivity index (χ4v) is 2.97. The number of tetrazole rings is 1. The van der Waals surface area contributed by atoms with Crippen LogP contribution in [0.25, 0.3) is 16.5 Å². The Morgan fingerprint density at radius 3 is 2.58 bits per heavy atom. The summed E-state index contributed by atoms with van der Waals surface area (Å²) in [6.45, 7) is 0.585. The van der Waals surface area contributed by atoms with Gasteiger partial charge in [-0.1, -0.05) is 42.5 Å². The Kier molecular flexibility index (Phi) is 4.38. The molecule has 1 amide bonds. The lowest BCUT2D eigenvalue weighted by atomic mass is 10.0. The SMILES string of the molecule is O=C(NCCc1cccc2ccccc12)c1ccc(-n2cnnn2)cc1. The molecule has 0 fully saturated rings. The Balaban J connectivity index is 1.39. The molecule has 4 aromatic rings. The van der Waals surface area contributed by atoms with E-state index in [1.54, 1.807) is 16.8 Å². The zero-order valence-corrected chi connectivity index (χ0v) is 14.0. The van der Waals surface area contributed by atoms with Crippen LogP contribution in [0.4, 0.5) is 0 Å². The number of benzene rings is 3. The van der Waals surface area contributed by atoms with Crippen molar-refractivity contribution in [1.82, 2.24) is 25.5 Å². The number of amides is 1. The van der Waals surface area contributed by atoms with Gasteiger partial charge in [0.05, 0.1) is 5.69 Å². The van der Waals surface area contributed by atoms with E-state index in [9.17, 15) is 4.79 Å². The highest BCUT2D eigenvalue weighted by atomic mass is 16.1. The van der Waals surface area contributed by atoms with Gasteiger partial charge in [-0.2, -0.15) is 0 Å². The molecule has 128 valence electrons. The van der Waals surface area contributed by atoms with Gasteiger partial charge < -0.3 is 5.32 Å². The van der Waals surface area contributed by atoms with Gasteiger partial charge in [0.1, 0.15) is 6.33 Å². The first kappa shape index (κ1) is 16.0. The number of carbonyl (C=O) groups is 1. The second-order valence-electron chi connectivity index (χ2n) is 5.95. The van der Waals surface area contributed by atoms with Crippen LogP contribution in [0, 0.1) is 0 Å². The van der Waals surface area contributed by atoms with Crippen molar-refractivity contribution in [1.29, 1.82) is 0 Å². The molecule has 6 nitrogen and oxygen atoms in total. The average molecular weight is 343 g/mol. The van der Waals surface area contributed by atoms with Gasteiger partial charge in [-0.25, -0.2) is 4.68 Å².